The molecule has 166 valence electrons. The second-order valence-corrected chi connectivity index (χ2v) is 8.22. The predicted octanol–water partition coefficient (Wildman–Crippen LogP) is 0.863. The summed E-state index contributed by atoms with van der Waals surface area (Å²) in [6, 6.07) is 0. The van der Waals surface area contributed by atoms with Gasteiger partial charge in [0, 0.05) is 37.7 Å². The van der Waals surface area contributed by atoms with Crippen LogP contribution >= 0.6 is 0 Å². The van der Waals surface area contributed by atoms with Crippen LogP contribution < -0.4 is 0 Å². The molecular weight excluding hydrogens is 394 g/mol. The van der Waals surface area contributed by atoms with E-state index in [2.05, 4.69) is 0 Å². The lowest BCUT2D eigenvalue weighted by Gasteiger charge is -2.15. The fourth-order valence-corrected chi connectivity index (χ4v) is 3.52. The lowest BCUT2D eigenvalue weighted by Crippen LogP contribution is -2.36. The molecule has 1 saturated carbocycles. The molecule has 9 heteroatoms. The number of Topliss-reactive ketones (excluding diaryl/α,β-unsaturated/α-hetero) is 3. The molecule has 1 aliphatic heterocycles. The zero-order chi connectivity index (χ0) is 22.4. The Balaban J connectivity index is 1.58. The van der Waals surface area contributed by atoms with Gasteiger partial charge in [0.25, 0.3) is 0 Å². The van der Waals surface area contributed by atoms with Gasteiger partial charge in [-0.05, 0) is 12.3 Å². The SMILES string of the molecule is CC1CC(=O)C(OC(=O)CCOCCCC(=O)CN2C(=O)CC(C(C)C)C2=O)C1=O. The van der Waals surface area contributed by atoms with Crippen molar-refractivity contribution in [2.45, 2.75) is 59.0 Å². The molecule has 30 heavy (non-hydrogen) atoms. The molecule has 1 aliphatic carbocycles. The molecule has 0 bridgehead atoms. The lowest BCUT2D eigenvalue weighted by molar-refractivity contribution is -0.158. The van der Waals surface area contributed by atoms with E-state index >= 15 is 0 Å². The quantitative estimate of drug-likeness (QED) is 0.207. The summed E-state index contributed by atoms with van der Waals surface area (Å²) in [6.45, 7) is 5.41. The number of rotatable bonds is 11. The number of carbonyl (C=O) groups is 6. The number of imide groups is 1. The molecule has 1 saturated heterocycles. The molecule has 3 unspecified atom stereocenters. The van der Waals surface area contributed by atoms with E-state index in [1.807, 2.05) is 13.8 Å². The van der Waals surface area contributed by atoms with Gasteiger partial charge in [0.05, 0.1) is 19.6 Å². The minimum Gasteiger partial charge on any atom is -0.446 e. The summed E-state index contributed by atoms with van der Waals surface area (Å²) in [5, 5.41) is 0. The summed E-state index contributed by atoms with van der Waals surface area (Å²) < 4.78 is 10.2. The summed E-state index contributed by atoms with van der Waals surface area (Å²) in [7, 11) is 0. The highest BCUT2D eigenvalue weighted by atomic mass is 16.6. The highest BCUT2D eigenvalue weighted by Gasteiger charge is 2.41. The van der Waals surface area contributed by atoms with Crippen molar-refractivity contribution in [2.24, 2.45) is 17.8 Å². The van der Waals surface area contributed by atoms with Gasteiger partial charge in [-0.15, -0.1) is 0 Å². The molecule has 0 N–H and O–H groups in total. The van der Waals surface area contributed by atoms with Crippen molar-refractivity contribution < 1.29 is 38.2 Å². The molecule has 0 aromatic carbocycles. The van der Waals surface area contributed by atoms with Crippen LogP contribution in [-0.4, -0.2) is 65.9 Å². The summed E-state index contributed by atoms with van der Waals surface area (Å²) in [6.07, 6.45) is -0.622. The second-order valence-electron chi connectivity index (χ2n) is 8.22. The number of amides is 2. The van der Waals surface area contributed by atoms with Crippen LogP contribution in [0.4, 0.5) is 0 Å². The van der Waals surface area contributed by atoms with Crippen molar-refractivity contribution in [3.63, 3.8) is 0 Å². The monoisotopic (exact) mass is 423 g/mol. The average Bonchev–Trinajstić information content (AvgIpc) is 3.08. The van der Waals surface area contributed by atoms with Gasteiger partial charge in [-0.2, -0.15) is 0 Å². The Morgan fingerprint density at radius 2 is 1.77 bits per heavy atom. The lowest BCUT2D eigenvalue weighted by atomic mass is 9.94. The molecule has 0 spiro atoms. The van der Waals surface area contributed by atoms with Gasteiger partial charge >= 0.3 is 5.97 Å². The summed E-state index contributed by atoms with van der Waals surface area (Å²) in [5.41, 5.74) is 0. The van der Waals surface area contributed by atoms with Crippen LogP contribution in [-0.2, 0) is 38.2 Å². The number of ketones is 3. The molecule has 2 amide bonds. The van der Waals surface area contributed by atoms with Gasteiger partial charge in [0.2, 0.25) is 17.9 Å². The third-order valence-corrected chi connectivity index (χ3v) is 5.41. The Bertz CT molecular complexity index is 729. The summed E-state index contributed by atoms with van der Waals surface area (Å²) in [5.74, 6) is -2.98. The summed E-state index contributed by atoms with van der Waals surface area (Å²) >= 11 is 0. The van der Waals surface area contributed by atoms with Gasteiger partial charge in [-0.25, -0.2) is 0 Å². The Kier molecular flexibility index (Phi) is 8.40. The van der Waals surface area contributed by atoms with Crippen LogP contribution in [0, 0.1) is 17.8 Å². The first-order valence-electron chi connectivity index (χ1n) is 10.3. The van der Waals surface area contributed by atoms with E-state index in [0.29, 0.717) is 6.42 Å². The van der Waals surface area contributed by atoms with Gasteiger partial charge in [-0.1, -0.05) is 20.8 Å². The normalized spacial score (nSPS) is 24.3. The van der Waals surface area contributed by atoms with Crippen LogP contribution in [0.5, 0.6) is 0 Å². The molecule has 0 radical (unpaired) electrons. The number of hydrogen-bond acceptors (Lipinski definition) is 8. The van der Waals surface area contributed by atoms with E-state index in [0.717, 1.165) is 4.90 Å². The van der Waals surface area contributed by atoms with Crippen molar-refractivity contribution >= 4 is 35.1 Å². The predicted molar refractivity (Wildman–Crippen MR) is 103 cm³/mol. The number of ether oxygens (including phenoxy) is 2. The fraction of sp³-hybridized carbons (Fsp3) is 0.714. The van der Waals surface area contributed by atoms with E-state index in [9.17, 15) is 28.8 Å². The number of esters is 1. The van der Waals surface area contributed by atoms with Crippen molar-refractivity contribution in [3.8, 4) is 0 Å². The molecule has 1 heterocycles. The van der Waals surface area contributed by atoms with Crippen LogP contribution in [0.15, 0.2) is 0 Å². The zero-order valence-corrected chi connectivity index (χ0v) is 17.7. The molecule has 0 aromatic rings. The molecule has 3 atom stereocenters. The third-order valence-electron chi connectivity index (χ3n) is 5.41. The maximum atomic E-state index is 12.2. The van der Waals surface area contributed by atoms with Crippen LogP contribution in [0.1, 0.15) is 52.9 Å². The van der Waals surface area contributed by atoms with Crippen molar-refractivity contribution in [1.29, 1.82) is 0 Å². The molecule has 0 aromatic heterocycles. The maximum Gasteiger partial charge on any atom is 0.309 e. The smallest absolute Gasteiger partial charge is 0.309 e. The van der Waals surface area contributed by atoms with Gasteiger partial charge < -0.3 is 9.47 Å². The molecular formula is C21H29NO8. The van der Waals surface area contributed by atoms with Crippen LogP contribution in [0.25, 0.3) is 0 Å². The Hall–Kier alpha value is -2.42. The standard InChI is InChI=1S/C21H29NO8/c1-12(2)15-10-17(25)22(21(15)28)11-14(23)5-4-7-29-8-6-18(26)30-20-16(24)9-13(3)19(20)27/h12-13,15,20H,4-11H2,1-3H3. The molecule has 9 nitrogen and oxygen atoms in total. The Morgan fingerprint density at radius 3 is 2.33 bits per heavy atom. The number of hydrogen-bond donors (Lipinski definition) is 0. The Morgan fingerprint density at radius 1 is 1.07 bits per heavy atom. The highest BCUT2D eigenvalue weighted by molar-refractivity contribution is 6.13. The third kappa shape index (κ3) is 6.04. The van der Waals surface area contributed by atoms with Gasteiger partial charge in [-0.3, -0.25) is 33.7 Å². The largest absolute Gasteiger partial charge is 0.446 e. The molecule has 2 aliphatic rings. The van der Waals surface area contributed by atoms with Gasteiger partial charge in [0.1, 0.15) is 0 Å². The fourth-order valence-electron chi connectivity index (χ4n) is 3.52. The number of carbonyl (C=O) groups excluding carboxylic acids is 6. The first-order chi connectivity index (χ1) is 14.1. The first kappa shape index (κ1) is 23.9. The van der Waals surface area contributed by atoms with Crippen LogP contribution in [0.3, 0.4) is 0 Å². The molecule has 2 rings (SSSR count). The second kappa shape index (κ2) is 10.6. The molecule has 2 fully saturated rings. The Labute approximate surface area is 175 Å². The van der Waals surface area contributed by atoms with E-state index in [-0.39, 0.29) is 86.4 Å². The van der Waals surface area contributed by atoms with E-state index < -0.39 is 18.0 Å². The minimum atomic E-state index is -1.29. The number of likely N-dealkylation sites (tertiary alicyclic amines) is 1. The number of nitrogens with zero attached hydrogens (tertiary/aromatic N) is 1. The van der Waals surface area contributed by atoms with E-state index in [1.54, 1.807) is 6.92 Å². The highest BCUT2D eigenvalue weighted by Crippen LogP contribution is 2.26. The summed E-state index contributed by atoms with van der Waals surface area (Å²) in [4.78, 5) is 72.3. The maximum absolute atomic E-state index is 12.2. The van der Waals surface area contributed by atoms with Crippen molar-refractivity contribution in [1.82, 2.24) is 4.90 Å². The average molecular weight is 423 g/mol. The zero-order valence-electron chi connectivity index (χ0n) is 17.7. The van der Waals surface area contributed by atoms with E-state index in [4.69, 9.17) is 9.47 Å². The van der Waals surface area contributed by atoms with E-state index in [1.165, 1.54) is 0 Å². The minimum absolute atomic E-state index is 0.0385. The topological polar surface area (TPSA) is 124 Å². The van der Waals surface area contributed by atoms with Crippen LogP contribution in [0.2, 0.25) is 0 Å². The van der Waals surface area contributed by atoms with Crippen molar-refractivity contribution in [2.75, 3.05) is 19.8 Å². The first-order valence-corrected chi connectivity index (χ1v) is 10.3. The van der Waals surface area contributed by atoms with Gasteiger partial charge in [0.15, 0.2) is 17.3 Å². The van der Waals surface area contributed by atoms with Crippen molar-refractivity contribution in [3.05, 3.63) is 0 Å².